The van der Waals surface area contributed by atoms with Gasteiger partial charge in [0.1, 0.15) is 0 Å². The number of hydrogen-bond acceptors (Lipinski definition) is 1. The molecule has 1 heteroatoms. The molecular weight excluding hydrogens is 458 g/mol. The molecule has 0 radical (unpaired) electrons. The SMILES string of the molecule is C=C(CC[C@H](C)CC1=N[C@@H](CCC)CC(C(=C)C)[C@@]1(C)CC(CCC)(CCC)CCC)c1cccc(C)c1. The van der Waals surface area contributed by atoms with Crippen molar-refractivity contribution in [3.8, 4) is 0 Å². The van der Waals surface area contributed by atoms with Gasteiger partial charge in [0.2, 0.25) is 0 Å². The summed E-state index contributed by atoms with van der Waals surface area (Å²) in [5, 5.41) is 0. The lowest BCUT2D eigenvalue weighted by atomic mass is 9.56. The van der Waals surface area contributed by atoms with Crippen LogP contribution in [0.1, 0.15) is 143 Å². The maximum Gasteiger partial charge on any atom is 0.0505 e. The Morgan fingerprint density at radius 2 is 1.68 bits per heavy atom. The maximum atomic E-state index is 5.61. The Morgan fingerprint density at radius 3 is 2.21 bits per heavy atom. The topological polar surface area (TPSA) is 12.4 Å². The number of aliphatic imine (C=N–C) groups is 1. The van der Waals surface area contributed by atoms with Crippen molar-refractivity contribution in [1.82, 2.24) is 0 Å². The van der Waals surface area contributed by atoms with Crippen molar-refractivity contribution >= 4 is 11.3 Å². The second-order valence-corrected chi connectivity index (χ2v) is 13.3. The van der Waals surface area contributed by atoms with Crippen LogP contribution < -0.4 is 0 Å². The number of aryl methyl sites for hydroxylation is 1. The average molecular weight is 520 g/mol. The highest BCUT2D eigenvalue weighted by Gasteiger charge is 2.48. The van der Waals surface area contributed by atoms with Crippen molar-refractivity contribution in [2.45, 2.75) is 145 Å². The fourth-order valence-corrected chi connectivity index (χ4v) is 7.80. The largest absolute Gasteiger partial charge is 0.290 e. The molecule has 1 heterocycles. The first-order chi connectivity index (χ1) is 18.0. The van der Waals surface area contributed by atoms with Crippen LogP contribution in [0.4, 0.5) is 0 Å². The van der Waals surface area contributed by atoms with Crippen LogP contribution in [0.2, 0.25) is 0 Å². The fraction of sp³-hybridized carbons (Fsp3) is 0.703. The van der Waals surface area contributed by atoms with E-state index in [9.17, 15) is 0 Å². The molecule has 0 amide bonds. The van der Waals surface area contributed by atoms with Crippen LogP contribution >= 0.6 is 0 Å². The van der Waals surface area contributed by atoms with Crippen molar-refractivity contribution < 1.29 is 0 Å². The zero-order valence-electron chi connectivity index (χ0n) is 26.6. The molecule has 214 valence electrons. The third kappa shape index (κ3) is 8.69. The standard InChI is InChI=1S/C37H61N/c1-11-16-33-26-34(28(5)6)36(10,27-37(21-12-2,22-13-3)23-14-4)35(38-33)25-30(8)19-20-31(9)32-18-15-17-29(7)24-32/h15,17-18,24,30,33-34H,5,9,11-14,16,19-23,25-27H2,1-4,6-8,10H3/t30-,33-,34?,36+/m0/s1. The minimum absolute atomic E-state index is 0.109. The second-order valence-electron chi connectivity index (χ2n) is 13.3. The summed E-state index contributed by atoms with van der Waals surface area (Å²) in [6.45, 7) is 28.0. The van der Waals surface area contributed by atoms with E-state index >= 15 is 0 Å². The van der Waals surface area contributed by atoms with Gasteiger partial charge in [-0.05, 0) is 100 Å². The summed E-state index contributed by atoms with van der Waals surface area (Å²) >= 11 is 0. The Bertz CT molecular complexity index is 903. The van der Waals surface area contributed by atoms with Gasteiger partial charge in [-0.25, -0.2) is 0 Å². The highest BCUT2D eigenvalue weighted by Crippen LogP contribution is 2.54. The van der Waals surface area contributed by atoms with Crippen molar-refractivity contribution in [3.05, 3.63) is 54.1 Å². The summed E-state index contributed by atoms with van der Waals surface area (Å²) in [7, 11) is 0. The monoisotopic (exact) mass is 519 g/mol. The molecule has 0 aliphatic carbocycles. The summed E-state index contributed by atoms with van der Waals surface area (Å²) in [5.41, 5.74) is 7.29. The van der Waals surface area contributed by atoms with Gasteiger partial charge in [-0.2, -0.15) is 0 Å². The van der Waals surface area contributed by atoms with Crippen molar-refractivity contribution in [2.75, 3.05) is 0 Å². The van der Waals surface area contributed by atoms with E-state index in [1.165, 1.54) is 98.6 Å². The lowest BCUT2D eigenvalue weighted by molar-refractivity contribution is 0.102. The summed E-state index contributed by atoms with van der Waals surface area (Å²) in [6, 6.07) is 9.27. The van der Waals surface area contributed by atoms with Gasteiger partial charge in [0.15, 0.2) is 0 Å². The smallest absolute Gasteiger partial charge is 0.0505 e. The van der Waals surface area contributed by atoms with Gasteiger partial charge in [0, 0.05) is 11.1 Å². The first kappa shape index (κ1) is 32.6. The van der Waals surface area contributed by atoms with Gasteiger partial charge in [-0.1, -0.05) is 116 Å². The van der Waals surface area contributed by atoms with E-state index in [1.807, 2.05) is 0 Å². The van der Waals surface area contributed by atoms with E-state index in [2.05, 4.69) is 92.8 Å². The predicted molar refractivity (Wildman–Crippen MR) is 172 cm³/mol. The number of allylic oxidation sites excluding steroid dienone is 2. The van der Waals surface area contributed by atoms with Crippen LogP contribution in [0.25, 0.3) is 5.57 Å². The molecule has 0 N–H and O–H groups in total. The third-order valence-corrected chi connectivity index (χ3v) is 9.48. The molecule has 0 fully saturated rings. The van der Waals surface area contributed by atoms with E-state index < -0.39 is 0 Å². The van der Waals surface area contributed by atoms with E-state index in [1.54, 1.807) is 0 Å². The molecule has 1 aromatic carbocycles. The number of rotatable bonds is 17. The molecule has 0 saturated carbocycles. The number of nitrogens with zero attached hydrogens (tertiary/aromatic N) is 1. The minimum atomic E-state index is 0.109. The van der Waals surface area contributed by atoms with Crippen molar-refractivity contribution in [3.63, 3.8) is 0 Å². The predicted octanol–water partition coefficient (Wildman–Crippen LogP) is 11.8. The summed E-state index contributed by atoms with van der Waals surface area (Å²) < 4.78 is 0. The Hall–Kier alpha value is -1.63. The molecule has 1 aliphatic rings. The van der Waals surface area contributed by atoms with E-state index in [-0.39, 0.29) is 5.41 Å². The van der Waals surface area contributed by atoms with Crippen LogP contribution in [0, 0.1) is 29.6 Å². The van der Waals surface area contributed by atoms with Crippen LogP contribution in [0.3, 0.4) is 0 Å². The van der Waals surface area contributed by atoms with Crippen molar-refractivity contribution in [1.29, 1.82) is 0 Å². The Balaban J connectivity index is 2.36. The molecular formula is C37H61N. The first-order valence-corrected chi connectivity index (χ1v) is 16.0. The molecule has 4 atom stereocenters. The number of hydrogen-bond donors (Lipinski definition) is 0. The fourth-order valence-electron chi connectivity index (χ4n) is 7.80. The van der Waals surface area contributed by atoms with Crippen LogP contribution in [-0.4, -0.2) is 11.8 Å². The Kier molecular flexibility index (Phi) is 13.1. The molecule has 0 saturated heterocycles. The molecule has 2 rings (SSSR count). The normalized spacial score (nSPS) is 22.7. The number of benzene rings is 1. The molecule has 1 aromatic rings. The highest BCUT2D eigenvalue weighted by molar-refractivity contribution is 5.91. The zero-order chi connectivity index (χ0) is 28.3. The first-order valence-electron chi connectivity index (χ1n) is 16.0. The van der Waals surface area contributed by atoms with Crippen molar-refractivity contribution in [2.24, 2.45) is 27.7 Å². The minimum Gasteiger partial charge on any atom is -0.290 e. The molecule has 0 spiro atoms. The second kappa shape index (κ2) is 15.2. The van der Waals surface area contributed by atoms with Gasteiger partial charge < -0.3 is 0 Å². The lowest BCUT2D eigenvalue weighted by Gasteiger charge is -2.50. The maximum absolute atomic E-state index is 5.61. The van der Waals surface area contributed by atoms with Gasteiger partial charge in [-0.3, -0.25) is 4.99 Å². The lowest BCUT2D eigenvalue weighted by Crippen LogP contribution is -2.46. The van der Waals surface area contributed by atoms with Gasteiger partial charge >= 0.3 is 0 Å². The molecule has 1 nitrogen and oxygen atoms in total. The average Bonchev–Trinajstić information content (AvgIpc) is 2.85. The van der Waals surface area contributed by atoms with Crippen LogP contribution in [-0.2, 0) is 0 Å². The van der Waals surface area contributed by atoms with Gasteiger partial charge in [0.05, 0.1) is 6.04 Å². The van der Waals surface area contributed by atoms with E-state index in [4.69, 9.17) is 4.99 Å². The molecule has 38 heavy (non-hydrogen) atoms. The quantitative estimate of drug-likeness (QED) is 0.181. The molecule has 1 aliphatic heterocycles. The molecule has 0 aromatic heterocycles. The van der Waals surface area contributed by atoms with Crippen LogP contribution in [0.15, 0.2) is 48.0 Å². The summed E-state index contributed by atoms with van der Waals surface area (Å²) in [5.74, 6) is 1.13. The van der Waals surface area contributed by atoms with E-state index in [0.717, 1.165) is 12.8 Å². The molecule has 1 unspecified atom stereocenters. The summed E-state index contributed by atoms with van der Waals surface area (Å²) in [4.78, 5) is 5.61. The Morgan fingerprint density at radius 1 is 1.05 bits per heavy atom. The third-order valence-electron chi connectivity index (χ3n) is 9.48. The molecule has 0 bridgehead atoms. The van der Waals surface area contributed by atoms with Crippen LogP contribution in [0.5, 0.6) is 0 Å². The van der Waals surface area contributed by atoms with Gasteiger partial charge in [-0.15, -0.1) is 0 Å². The van der Waals surface area contributed by atoms with E-state index in [0.29, 0.717) is 23.3 Å². The highest BCUT2D eigenvalue weighted by atomic mass is 14.9. The summed E-state index contributed by atoms with van der Waals surface area (Å²) in [6.07, 6.45) is 16.0. The Labute approximate surface area is 237 Å². The van der Waals surface area contributed by atoms with Gasteiger partial charge in [0.25, 0.3) is 0 Å². The zero-order valence-corrected chi connectivity index (χ0v) is 26.6.